The maximum Gasteiger partial charge on any atom is 0.274 e. The number of fused-ring (bicyclic) bond motifs is 1. The molecule has 0 unspecified atom stereocenters. The number of nitrogens with one attached hydrogen (secondary N) is 3. The Hall–Kier alpha value is -3.24. The lowest BCUT2D eigenvalue weighted by Gasteiger charge is -2.07. The maximum atomic E-state index is 12.1. The van der Waals surface area contributed by atoms with Crippen LogP contribution in [-0.4, -0.2) is 30.9 Å². The van der Waals surface area contributed by atoms with Crippen LogP contribution in [0, 0.1) is 0 Å². The highest BCUT2D eigenvalue weighted by Gasteiger charge is 2.14. The number of aromatic nitrogens is 5. The third kappa shape index (κ3) is 3.35. The van der Waals surface area contributed by atoms with Gasteiger partial charge < -0.3 is 15.2 Å². The van der Waals surface area contributed by atoms with Crippen molar-refractivity contribution in [2.24, 2.45) is 7.05 Å². The van der Waals surface area contributed by atoms with E-state index in [1.54, 1.807) is 25.5 Å². The van der Waals surface area contributed by atoms with Crippen LogP contribution in [0.4, 0.5) is 16.5 Å². The van der Waals surface area contributed by atoms with Gasteiger partial charge in [0.1, 0.15) is 5.69 Å². The second-order valence-corrected chi connectivity index (χ2v) is 7.39. The first-order valence-corrected chi connectivity index (χ1v) is 9.32. The molecule has 3 heterocycles. The van der Waals surface area contributed by atoms with E-state index in [1.165, 1.54) is 22.8 Å². The molecule has 28 heavy (non-hydrogen) atoms. The van der Waals surface area contributed by atoms with E-state index in [4.69, 9.17) is 11.6 Å². The summed E-state index contributed by atoms with van der Waals surface area (Å²) >= 11 is 7.72. The van der Waals surface area contributed by atoms with E-state index in [9.17, 15) is 9.59 Å². The van der Waals surface area contributed by atoms with Crippen molar-refractivity contribution < 1.29 is 4.79 Å². The molecule has 142 valence electrons. The largest absolute Gasteiger partial charge is 0.329 e. The highest BCUT2D eigenvalue weighted by Crippen LogP contribution is 2.34. The molecule has 0 atom stereocenters. The van der Waals surface area contributed by atoms with Gasteiger partial charge in [-0.05, 0) is 18.2 Å². The topological polar surface area (TPSA) is 118 Å². The molecule has 0 radical (unpaired) electrons. The number of nitrogens with zero attached hydrogens (tertiary/aromatic N) is 4. The van der Waals surface area contributed by atoms with Crippen LogP contribution in [0.25, 0.3) is 21.5 Å². The van der Waals surface area contributed by atoms with E-state index >= 15 is 0 Å². The second kappa shape index (κ2) is 7.06. The van der Waals surface area contributed by atoms with Crippen LogP contribution in [0.3, 0.4) is 0 Å². The fourth-order valence-electron chi connectivity index (χ4n) is 2.69. The van der Waals surface area contributed by atoms with Crippen molar-refractivity contribution in [3.8, 4) is 10.6 Å². The Morgan fingerprint density at radius 2 is 2.11 bits per heavy atom. The van der Waals surface area contributed by atoms with Crippen molar-refractivity contribution in [3.05, 3.63) is 46.0 Å². The van der Waals surface area contributed by atoms with Gasteiger partial charge in [-0.1, -0.05) is 22.9 Å². The van der Waals surface area contributed by atoms with Crippen LogP contribution in [0.1, 0.15) is 6.92 Å². The highest BCUT2D eigenvalue weighted by atomic mass is 35.5. The van der Waals surface area contributed by atoms with E-state index in [1.807, 2.05) is 12.1 Å². The summed E-state index contributed by atoms with van der Waals surface area (Å²) in [5, 5.41) is 23.3. The Bertz CT molecular complexity index is 1260. The number of amides is 1. The van der Waals surface area contributed by atoms with Gasteiger partial charge in [0.05, 0.1) is 22.4 Å². The molecule has 0 bridgehead atoms. The first kappa shape index (κ1) is 18.1. The summed E-state index contributed by atoms with van der Waals surface area (Å²) in [4.78, 5) is 23.5. The number of halogens is 1. The molecule has 0 spiro atoms. The zero-order valence-corrected chi connectivity index (χ0v) is 16.4. The fraction of sp³-hybridized carbons (Fsp3) is 0.118. The lowest BCUT2D eigenvalue weighted by atomic mass is 10.2. The number of anilines is 3. The van der Waals surface area contributed by atoms with Crippen LogP contribution in [0.2, 0.25) is 5.02 Å². The third-order valence-corrected chi connectivity index (χ3v) is 5.26. The zero-order valence-electron chi connectivity index (χ0n) is 14.8. The highest BCUT2D eigenvalue weighted by molar-refractivity contribution is 7.18. The van der Waals surface area contributed by atoms with Crippen LogP contribution in [0.5, 0.6) is 0 Å². The van der Waals surface area contributed by atoms with E-state index < -0.39 is 0 Å². The molecule has 3 N–H and O–H groups in total. The zero-order chi connectivity index (χ0) is 19.8. The molecule has 4 aromatic rings. The molecule has 0 aliphatic heterocycles. The van der Waals surface area contributed by atoms with Crippen molar-refractivity contribution >= 4 is 56.3 Å². The smallest absolute Gasteiger partial charge is 0.274 e. The number of rotatable bonds is 4. The molecule has 0 saturated heterocycles. The lowest BCUT2D eigenvalue weighted by Crippen LogP contribution is -2.22. The predicted molar refractivity (Wildman–Crippen MR) is 109 cm³/mol. The Balaban J connectivity index is 1.66. The van der Waals surface area contributed by atoms with Gasteiger partial charge in [-0.3, -0.25) is 14.7 Å². The van der Waals surface area contributed by atoms with Crippen LogP contribution >= 0.6 is 22.9 Å². The van der Waals surface area contributed by atoms with Crippen molar-refractivity contribution in [2.45, 2.75) is 6.92 Å². The molecule has 1 amide bonds. The Morgan fingerprint density at radius 1 is 1.29 bits per heavy atom. The summed E-state index contributed by atoms with van der Waals surface area (Å²) in [7, 11) is 1.61. The minimum Gasteiger partial charge on any atom is -0.329 e. The molecule has 4 rings (SSSR count). The number of aryl methyl sites for hydroxylation is 1. The summed E-state index contributed by atoms with van der Waals surface area (Å²) < 4.78 is 1.39. The second-order valence-electron chi connectivity index (χ2n) is 6.04. The first-order chi connectivity index (χ1) is 13.4. The Morgan fingerprint density at radius 3 is 2.89 bits per heavy atom. The minimum absolute atomic E-state index is 0.186. The lowest BCUT2D eigenvalue weighted by molar-refractivity contribution is -0.114. The van der Waals surface area contributed by atoms with Crippen LogP contribution in [-0.2, 0) is 11.8 Å². The number of pyridine rings is 1. The molecular weight excluding hydrogens is 402 g/mol. The van der Waals surface area contributed by atoms with Crippen molar-refractivity contribution in [3.63, 3.8) is 0 Å². The third-order valence-electron chi connectivity index (χ3n) is 3.97. The van der Waals surface area contributed by atoms with Gasteiger partial charge in [-0.2, -0.15) is 5.10 Å². The number of aromatic amines is 1. The molecule has 1 aromatic carbocycles. The van der Waals surface area contributed by atoms with Crippen molar-refractivity contribution in [1.29, 1.82) is 0 Å². The van der Waals surface area contributed by atoms with E-state index in [-0.39, 0.29) is 17.2 Å². The summed E-state index contributed by atoms with van der Waals surface area (Å²) in [6.45, 7) is 1.35. The van der Waals surface area contributed by atoms with Gasteiger partial charge in [0.15, 0.2) is 5.01 Å². The molecule has 0 aliphatic rings. The molecule has 0 aliphatic carbocycles. The molecule has 11 heteroatoms. The molecular formula is C17H14ClN7O2S. The van der Waals surface area contributed by atoms with Gasteiger partial charge in [-0.25, -0.2) is 0 Å². The van der Waals surface area contributed by atoms with Crippen molar-refractivity contribution in [1.82, 2.24) is 25.0 Å². The van der Waals surface area contributed by atoms with Gasteiger partial charge in [-0.15, -0.1) is 10.2 Å². The average Bonchev–Trinajstić information content (AvgIpc) is 3.30. The predicted octanol–water partition coefficient (Wildman–Crippen LogP) is 3.14. The van der Waals surface area contributed by atoms with Gasteiger partial charge in [0.25, 0.3) is 5.56 Å². The summed E-state index contributed by atoms with van der Waals surface area (Å²) in [6, 6.07) is 5.27. The van der Waals surface area contributed by atoms with Gasteiger partial charge in [0, 0.05) is 31.1 Å². The quantitative estimate of drug-likeness (QED) is 0.471. The standard InChI is InChI=1S/C17H14ClN7O2S/c1-8(26)20-13-5-9(7-25(2)16(13)27)15-23-24-17(28-15)21-12-4-3-11-10(14(12)18)6-19-22-11/h3-7H,1-2H3,(H,19,22)(H,20,26)(H,21,24). The number of hydrogen-bond donors (Lipinski definition) is 3. The molecule has 0 saturated carbocycles. The summed E-state index contributed by atoms with van der Waals surface area (Å²) in [5.74, 6) is -0.321. The Labute approximate surface area is 167 Å². The monoisotopic (exact) mass is 415 g/mol. The molecule has 3 aromatic heterocycles. The number of H-pyrrole nitrogens is 1. The molecule has 9 nitrogen and oxygen atoms in total. The first-order valence-electron chi connectivity index (χ1n) is 8.13. The van der Waals surface area contributed by atoms with E-state index in [0.29, 0.717) is 26.4 Å². The van der Waals surface area contributed by atoms with Crippen molar-refractivity contribution in [2.75, 3.05) is 10.6 Å². The normalized spacial score (nSPS) is 11.0. The fourth-order valence-corrected chi connectivity index (χ4v) is 3.69. The van der Waals surface area contributed by atoms with E-state index in [2.05, 4.69) is 31.0 Å². The molecule has 0 fully saturated rings. The summed E-state index contributed by atoms with van der Waals surface area (Å²) in [5.41, 5.74) is 2.06. The average molecular weight is 416 g/mol. The number of carbonyl (C=O) groups is 1. The number of benzene rings is 1. The SMILES string of the molecule is CC(=O)Nc1cc(-c2nnc(Nc3ccc4[nH]ncc4c3Cl)s2)cn(C)c1=O. The Kier molecular flexibility index (Phi) is 4.57. The van der Waals surface area contributed by atoms with Gasteiger partial charge in [0.2, 0.25) is 11.0 Å². The van der Waals surface area contributed by atoms with Gasteiger partial charge >= 0.3 is 0 Å². The van der Waals surface area contributed by atoms with Crippen LogP contribution < -0.4 is 16.2 Å². The van der Waals surface area contributed by atoms with E-state index in [0.717, 1.165) is 10.9 Å². The number of hydrogen-bond acceptors (Lipinski definition) is 7. The minimum atomic E-state index is -0.321. The number of carbonyl (C=O) groups excluding carboxylic acids is 1. The van der Waals surface area contributed by atoms with Crippen LogP contribution in [0.15, 0.2) is 35.4 Å². The maximum absolute atomic E-state index is 12.1. The summed E-state index contributed by atoms with van der Waals surface area (Å²) in [6.07, 6.45) is 3.30.